The number of sulfone groups is 1. The van der Waals surface area contributed by atoms with Crippen molar-refractivity contribution < 1.29 is 27.2 Å². The van der Waals surface area contributed by atoms with Gasteiger partial charge in [-0.05, 0) is 36.1 Å². The van der Waals surface area contributed by atoms with Gasteiger partial charge in [0.25, 0.3) is 5.91 Å². The summed E-state index contributed by atoms with van der Waals surface area (Å²) in [5.41, 5.74) is 1.41. The van der Waals surface area contributed by atoms with Crippen molar-refractivity contribution >= 4 is 43.5 Å². The van der Waals surface area contributed by atoms with Gasteiger partial charge in [-0.2, -0.15) is 0 Å². The first-order valence-corrected chi connectivity index (χ1v) is 13.3. The molecule has 1 unspecified atom stereocenters. The van der Waals surface area contributed by atoms with Crippen molar-refractivity contribution in [2.45, 2.75) is 50.6 Å². The molecule has 1 aromatic heterocycles. The molecule has 7 nitrogen and oxygen atoms in total. The average Bonchev–Trinajstić information content (AvgIpc) is 3.54. The van der Waals surface area contributed by atoms with Crippen molar-refractivity contribution in [3.05, 3.63) is 48.2 Å². The second kappa shape index (κ2) is 8.82. The maximum Gasteiger partial charge on any atom is 0.310 e. The number of nitrogens with zero attached hydrogens (tertiary/aromatic N) is 1. The molecule has 2 aliphatic rings. The van der Waals surface area contributed by atoms with Crippen LogP contribution in [-0.2, 0) is 30.6 Å². The normalized spacial score (nSPS) is 20.4. The highest BCUT2D eigenvalue weighted by Crippen LogP contribution is 2.31. The fourth-order valence-corrected chi connectivity index (χ4v) is 7.02. The predicted molar refractivity (Wildman–Crippen MR) is 125 cm³/mol. The minimum Gasteiger partial charge on any atom is -0.464 e. The van der Waals surface area contributed by atoms with Crippen molar-refractivity contribution in [3.8, 4) is 0 Å². The number of carbonyl (C=O) groups is 2. The molecule has 2 heterocycles. The third-order valence-corrected chi connectivity index (χ3v) is 8.59. The molecule has 1 saturated carbocycles. The molecule has 2 fully saturated rings. The van der Waals surface area contributed by atoms with Gasteiger partial charge in [-0.25, -0.2) is 8.42 Å². The van der Waals surface area contributed by atoms with Gasteiger partial charge >= 0.3 is 5.97 Å². The van der Waals surface area contributed by atoms with E-state index in [9.17, 15) is 18.0 Å². The molecule has 0 N–H and O–H groups in total. The molecule has 3 aromatic rings. The zero-order chi connectivity index (χ0) is 23.0. The summed E-state index contributed by atoms with van der Waals surface area (Å²) >= 11 is 0. The third kappa shape index (κ3) is 4.49. The van der Waals surface area contributed by atoms with Crippen LogP contribution in [0.25, 0.3) is 21.7 Å². The van der Waals surface area contributed by atoms with E-state index in [-0.39, 0.29) is 42.5 Å². The van der Waals surface area contributed by atoms with Crippen LogP contribution in [0, 0.1) is 0 Å². The van der Waals surface area contributed by atoms with E-state index in [1.807, 2.05) is 36.4 Å². The number of esters is 1. The Morgan fingerprint density at radius 3 is 2.58 bits per heavy atom. The van der Waals surface area contributed by atoms with Gasteiger partial charge in [-0.15, -0.1) is 0 Å². The minimum atomic E-state index is -3.12. The van der Waals surface area contributed by atoms with Crippen LogP contribution in [0.5, 0.6) is 0 Å². The summed E-state index contributed by atoms with van der Waals surface area (Å²) in [6, 6.07) is 11.4. The van der Waals surface area contributed by atoms with Crippen molar-refractivity contribution in [1.29, 1.82) is 0 Å². The molecular formula is C25H27NO6S. The summed E-state index contributed by atoms with van der Waals surface area (Å²) in [6.07, 6.45) is 5.79. The molecule has 0 bridgehead atoms. The van der Waals surface area contributed by atoms with E-state index in [4.69, 9.17) is 9.15 Å². The van der Waals surface area contributed by atoms with E-state index in [2.05, 4.69) is 0 Å². The largest absolute Gasteiger partial charge is 0.464 e. The molecule has 0 spiro atoms. The molecule has 2 aromatic carbocycles. The van der Waals surface area contributed by atoms with Gasteiger partial charge in [0.2, 0.25) is 0 Å². The van der Waals surface area contributed by atoms with E-state index in [0.717, 1.165) is 41.8 Å². The first-order chi connectivity index (χ1) is 15.9. The van der Waals surface area contributed by atoms with Gasteiger partial charge in [-0.3, -0.25) is 9.59 Å². The molecule has 33 heavy (non-hydrogen) atoms. The Balaban J connectivity index is 1.28. The lowest BCUT2D eigenvalue weighted by atomic mass is 10.0. The Kier molecular flexibility index (Phi) is 5.86. The number of hydrogen-bond acceptors (Lipinski definition) is 6. The second-order valence-electron chi connectivity index (χ2n) is 9.05. The van der Waals surface area contributed by atoms with Gasteiger partial charge in [-0.1, -0.05) is 43.2 Å². The van der Waals surface area contributed by atoms with Crippen LogP contribution in [-0.4, -0.2) is 55.4 Å². The number of carbonyl (C=O) groups excluding carboxylic acids is 2. The van der Waals surface area contributed by atoms with E-state index in [0.29, 0.717) is 17.6 Å². The van der Waals surface area contributed by atoms with Crippen LogP contribution in [0.4, 0.5) is 0 Å². The zero-order valence-corrected chi connectivity index (χ0v) is 19.2. The highest BCUT2D eigenvalue weighted by molar-refractivity contribution is 7.91. The highest BCUT2D eigenvalue weighted by Gasteiger charge is 2.39. The summed E-state index contributed by atoms with van der Waals surface area (Å²) in [4.78, 5) is 27.4. The van der Waals surface area contributed by atoms with E-state index in [1.165, 1.54) is 0 Å². The Bertz CT molecular complexity index is 1300. The number of rotatable bonds is 6. The molecule has 0 radical (unpaired) electrons. The highest BCUT2D eigenvalue weighted by atomic mass is 32.2. The Hall–Kier alpha value is -2.87. The van der Waals surface area contributed by atoms with Crippen LogP contribution >= 0.6 is 0 Å². The third-order valence-electron chi connectivity index (χ3n) is 6.84. The van der Waals surface area contributed by atoms with Crippen LogP contribution in [0.3, 0.4) is 0 Å². The monoisotopic (exact) mass is 469 g/mol. The molecule has 5 rings (SSSR count). The maximum absolute atomic E-state index is 13.1. The summed E-state index contributed by atoms with van der Waals surface area (Å²) in [5.74, 6) is -0.712. The van der Waals surface area contributed by atoms with Gasteiger partial charge < -0.3 is 14.1 Å². The number of hydrogen-bond donors (Lipinski definition) is 0. The van der Waals surface area contributed by atoms with Gasteiger partial charge in [0.05, 0.1) is 24.2 Å². The molecule has 1 aliphatic heterocycles. The zero-order valence-electron chi connectivity index (χ0n) is 18.4. The topological polar surface area (TPSA) is 93.9 Å². The number of fused-ring (bicyclic) bond motifs is 3. The molecule has 1 amide bonds. The fourth-order valence-electron chi connectivity index (χ4n) is 5.31. The Morgan fingerprint density at radius 2 is 1.82 bits per heavy atom. The van der Waals surface area contributed by atoms with Gasteiger partial charge in [0.15, 0.2) is 16.4 Å². The summed E-state index contributed by atoms with van der Waals surface area (Å²) < 4.78 is 35.0. The Morgan fingerprint density at radius 1 is 1.03 bits per heavy atom. The number of amides is 1. The van der Waals surface area contributed by atoms with E-state index in [1.54, 1.807) is 11.2 Å². The fraction of sp³-hybridized carbons (Fsp3) is 0.440. The summed E-state index contributed by atoms with van der Waals surface area (Å²) in [7, 11) is -3.12. The molecular weight excluding hydrogens is 442 g/mol. The molecule has 8 heteroatoms. The first-order valence-electron chi connectivity index (χ1n) is 11.5. The van der Waals surface area contributed by atoms with E-state index < -0.39 is 15.8 Å². The SMILES string of the molecule is O=C(Cc1coc2ccc3ccccc3c12)OCC(=O)N(C1CCCC1)C1CCS(=O)(=O)C1. The number of ether oxygens (including phenoxy) is 1. The van der Waals surface area contributed by atoms with Crippen LogP contribution in [0.1, 0.15) is 37.7 Å². The lowest BCUT2D eigenvalue weighted by Gasteiger charge is -2.33. The smallest absolute Gasteiger partial charge is 0.310 e. The summed E-state index contributed by atoms with van der Waals surface area (Å²) in [5, 5.41) is 2.92. The van der Waals surface area contributed by atoms with Crippen molar-refractivity contribution in [2.75, 3.05) is 18.1 Å². The van der Waals surface area contributed by atoms with Crippen LogP contribution < -0.4 is 0 Å². The average molecular weight is 470 g/mol. The van der Waals surface area contributed by atoms with Crippen molar-refractivity contribution in [1.82, 2.24) is 4.90 Å². The predicted octanol–water partition coefficient (Wildman–Crippen LogP) is 3.63. The van der Waals surface area contributed by atoms with Crippen molar-refractivity contribution in [2.24, 2.45) is 0 Å². The Labute approximate surface area is 192 Å². The lowest BCUT2D eigenvalue weighted by molar-refractivity contribution is -0.153. The lowest BCUT2D eigenvalue weighted by Crippen LogP contribution is -2.48. The summed E-state index contributed by atoms with van der Waals surface area (Å²) in [6.45, 7) is -0.373. The molecule has 1 saturated heterocycles. The molecule has 1 atom stereocenters. The standard InChI is InChI=1S/C25H27NO6S/c27-23(26(19-6-2-3-7-19)20-11-12-33(29,30)16-20)15-32-24(28)13-18-14-31-22-10-9-17-5-1-4-8-21(17)25(18)22/h1,4-5,8-10,14,19-20H,2-3,6-7,11-13,15-16H2. The van der Waals surface area contributed by atoms with Crippen molar-refractivity contribution in [3.63, 3.8) is 0 Å². The maximum atomic E-state index is 13.1. The van der Waals surface area contributed by atoms with Crippen LogP contribution in [0.15, 0.2) is 47.1 Å². The van der Waals surface area contributed by atoms with Gasteiger partial charge in [0, 0.05) is 23.0 Å². The van der Waals surface area contributed by atoms with Gasteiger partial charge in [0.1, 0.15) is 5.58 Å². The number of furan rings is 1. The quantitative estimate of drug-likeness (QED) is 0.512. The first kappa shape index (κ1) is 21.9. The minimum absolute atomic E-state index is 0.00271. The second-order valence-corrected chi connectivity index (χ2v) is 11.3. The van der Waals surface area contributed by atoms with E-state index >= 15 is 0 Å². The molecule has 174 valence electrons. The molecule has 1 aliphatic carbocycles. The van der Waals surface area contributed by atoms with Crippen LogP contribution in [0.2, 0.25) is 0 Å². The number of benzene rings is 2.